The quantitative estimate of drug-likeness (QED) is 0.728. The van der Waals surface area contributed by atoms with Crippen molar-refractivity contribution < 1.29 is 14.1 Å². The number of carbonyl (C=O) groups is 1. The highest BCUT2D eigenvalue weighted by atomic mass is 16.5. The Hall–Kier alpha value is -1.36. The average molecular weight is 266 g/mol. The molecule has 0 atom stereocenters. The molecule has 1 aliphatic rings. The number of carbonyl (C=O) groups excluding carboxylic acids is 1. The molecule has 0 aliphatic heterocycles. The van der Waals surface area contributed by atoms with Gasteiger partial charge in [-0.2, -0.15) is 0 Å². The number of hydrogen-bond acceptors (Lipinski definition) is 4. The Morgan fingerprint density at radius 3 is 2.89 bits per heavy atom. The highest BCUT2D eigenvalue weighted by Crippen LogP contribution is 2.28. The van der Waals surface area contributed by atoms with Crippen LogP contribution in [-0.2, 0) is 16.0 Å². The van der Waals surface area contributed by atoms with E-state index in [4.69, 9.17) is 9.26 Å². The molecule has 1 fully saturated rings. The maximum Gasteiger partial charge on any atom is 0.224 e. The van der Waals surface area contributed by atoms with Crippen LogP contribution in [0, 0.1) is 19.8 Å². The van der Waals surface area contributed by atoms with Crippen LogP contribution >= 0.6 is 0 Å². The molecule has 0 saturated heterocycles. The summed E-state index contributed by atoms with van der Waals surface area (Å²) in [5.74, 6) is 1.53. The van der Waals surface area contributed by atoms with E-state index >= 15 is 0 Å². The topological polar surface area (TPSA) is 64.4 Å². The predicted octanol–water partition coefficient (Wildman–Crippen LogP) is 1.77. The Labute approximate surface area is 113 Å². The minimum absolute atomic E-state index is 0.0107. The molecule has 0 bridgehead atoms. The summed E-state index contributed by atoms with van der Waals surface area (Å²) in [6.45, 7) is 5.95. The Bertz CT molecular complexity index is 405. The second kappa shape index (κ2) is 6.70. The average Bonchev–Trinajstić information content (AvgIpc) is 3.16. The molecule has 1 aliphatic carbocycles. The summed E-state index contributed by atoms with van der Waals surface area (Å²) in [6, 6.07) is 0. The normalized spacial score (nSPS) is 14.6. The summed E-state index contributed by atoms with van der Waals surface area (Å²) in [4.78, 5) is 11.7. The smallest absolute Gasteiger partial charge is 0.224 e. The lowest BCUT2D eigenvalue weighted by molar-refractivity contribution is -0.120. The van der Waals surface area contributed by atoms with E-state index in [0.717, 1.165) is 42.6 Å². The van der Waals surface area contributed by atoms with Crippen LogP contribution in [0.2, 0.25) is 0 Å². The number of aromatic nitrogens is 1. The predicted molar refractivity (Wildman–Crippen MR) is 70.9 cm³/mol. The van der Waals surface area contributed by atoms with Crippen molar-refractivity contribution in [2.45, 2.75) is 39.5 Å². The van der Waals surface area contributed by atoms with Gasteiger partial charge in [0.2, 0.25) is 5.91 Å². The maximum absolute atomic E-state index is 11.7. The summed E-state index contributed by atoms with van der Waals surface area (Å²) >= 11 is 0. The highest BCUT2D eigenvalue weighted by Gasteiger charge is 2.20. The van der Waals surface area contributed by atoms with Crippen molar-refractivity contribution in [1.82, 2.24) is 10.5 Å². The summed E-state index contributed by atoms with van der Waals surface area (Å²) in [5.41, 5.74) is 1.68. The first-order valence-corrected chi connectivity index (χ1v) is 6.93. The van der Waals surface area contributed by atoms with Crippen molar-refractivity contribution in [2.24, 2.45) is 5.92 Å². The second-order valence-corrected chi connectivity index (χ2v) is 5.20. The molecular formula is C14H22N2O3. The summed E-state index contributed by atoms with van der Waals surface area (Å²) in [7, 11) is 0. The van der Waals surface area contributed by atoms with Gasteiger partial charge in [0.1, 0.15) is 5.76 Å². The lowest BCUT2D eigenvalue weighted by Crippen LogP contribution is -2.27. The fourth-order valence-electron chi connectivity index (χ4n) is 1.91. The molecule has 0 unspecified atom stereocenters. The molecule has 1 aromatic rings. The molecule has 1 aromatic heterocycles. The summed E-state index contributed by atoms with van der Waals surface area (Å²) < 4.78 is 10.5. The Kier molecular flexibility index (Phi) is 4.96. The van der Waals surface area contributed by atoms with Crippen LogP contribution in [0.25, 0.3) is 0 Å². The molecule has 1 N–H and O–H groups in total. The Morgan fingerprint density at radius 1 is 1.47 bits per heavy atom. The van der Waals surface area contributed by atoms with E-state index in [1.165, 1.54) is 12.8 Å². The molecule has 0 spiro atoms. The lowest BCUT2D eigenvalue weighted by Gasteiger charge is -2.05. The van der Waals surface area contributed by atoms with E-state index in [-0.39, 0.29) is 5.91 Å². The third-order valence-corrected chi connectivity index (χ3v) is 3.36. The largest absolute Gasteiger partial charge is 0.381 e. The number of nitrogens with zero attached hydrogens (tertiary/aromatic N) is 1. The van der Waals surface area contributed by atoms with Crippen LogP contribution in [0.4, 0.5) is 0 Å². The molecule has 2 rings (SSSR count). The molecule has 106 valence electrons. The SMILES string of the molecule is Cc1noc(C)c1CC(=O)NCCCOCC1CC1. The third kappa shape index (κ3) is 4.67. The fraction of sp³-hybridized carbons (Fsp3) is 0.714. The van der Waals surface area contributed by atoms with E-state index < -0.39 is 0 Å². The van der Waals surface area contributed by atoms with Gasteiger partial charge in [0.15, 0.2) is 0 Å². The van der Waals surface area contributed by atoms with Crippen LogP contribution in [-0.4, -0.2) is 30.8 Å². The van der Waals surface area contributed by atoms with Crippen LogP contribution in [0.15, 0.2) is 4.52 Å². The van der Waals surface area contributed by atoms with Crippen molar-refractivity contribution in [2.75, 3.05) is 19.8 Å². The molecule has 0 aromatic carbocycles. The number of amides is 1. The van der Waals surface area contributed by atoms with Crippen LogP contribution in [0.5, 0.6) is 0 Å². The number of rotatable bonds is 8. The van der Waals surface area contributed by atoms with Gasteiger partial charge in [-0.25, -0.2) is 0 Å². The van der Waals surface area contributed by atoms with Gasteiger partial charge in [0, 0.05) is 25.3 Å². The molecule has 0 radical (unpaired) electrons. The van der Waals surface area contributed by atoms with Gasteiger partial charge in [-0.1, -0.05) is 5.16 Å². The van der Waals surface area contributed by atoms with Gasteiger partial charge in [-0.3, -0.25) is 4.79 Å². The van der Waals surface area contributed by atoms with E-state index in [1.807, 2.05) is 13.8 Å². The van der Waals surface area contributed by atoms with Gasteiger partial charge in [-0.15, -0.1) is 0 Å². The van der Waals surface area contributed by atoms with Crippen molar-refractivity contribution >= 4 is 5.91 Å². The molecule has 19 heavy (non-hydrogen) atoms. The fourth-order valence-corrected chi connectivity index (χ4v) is 1.91. The summed E-state index contributed by atoms with van der Waals surface area (Å²) in [6.07, 6.45) is 3.83. The monoisotopic (exact) mass is 266 g/mol. The number of nitrogens with one attached hydrogen (secondary N) is 1. The zero-order valence-corrected chi connectivity index (χ0v) is 11.7. The Morgan fingerprint density at radius 2 is 2.26 bits per heavy atom. The molecule has 1 amide bonds. The Balaban J connectivity index is 1.56. The zero-order chi connectivity index (χ0) is 13.7. The third-order valence-electron chi connectivity index (χ3n) is 3.36. The van der Waals surface area contributed by atoms with Crippen molar-refractivity contribution in [1.29, 1.82) is 0 Å². The second-order valence-electron chi connectivity index (χ2n) is 5.20. The van der Waals surface area contributed by atoms with Crippen molar-refractivity contribution in [3.8, 4) is 0 Å². The molecule has 1 heterocycles. The van der Waals surface area contributed by atoms with Crippen molar-refractivity contribution in [3.05, 3.63) is 17.0 Å². The first-order chi connectivity index (χ1) is 9.16. The van der Waals surface area contributed by atoms with Gasteiger partial charge in [0.05, 0.1) is 12.1 Å². The first kappa shape index (κ1) is 14.1. The first-order valence-electron chi connectivity index (χ1n) is 6.93. The number of ether oxygens (including phenoxy) is 1. The lowest BCUT2D eigenvalue weighted by atomic mass is 10.1. The van der Waals surface area contributed by atoms with Crippen LogP contribution in [0.3, 0.4) is 0 Å². The number of aryl methyl sites for hydroxylation is 2. The summed E-state index contributed by atoms with van der Waals surface area (Å²) in [5, 5.41) is 6.73. The standard InChI is InChI=1S/C14H22N2O3/c1-10-13(11(2)19-16-10)8-14(17)15-6-3-7-18-9-12-4-5-12/h12H,3-9H2,1-2H3,(H,15,17). The van der Waals surface area contributed by atoms with E-state index in [1.54, 1.807) is 0 Å². The van der Waals surface area contributed by atoms with E-state index in [9.17, 15) is 4.79 Å². The van der Waals surface area contributed by atoms with Gasteiger partial charge >= 0.3 is 0 Å². The van der Waals surface area contributed by atoms with E-state index in [0.29, 0.717) is 13.0 Å². The van der Waals surface area contributed by atoms with Gasteiger partial charge in [0.25, 0.3) is 0 Å². The zero-order valence-electron chi connectivity index (χ0n) is 11.7. The highest BCUT2D eigenvalue weighted by molar-refractivity contribution is 5.78. The van der Waals surface area contributed by atoms with Gasteiger partial charge in [-0.05, 0) is 39.0 Å². The molecule has 5 heteroatoms. The maximum atomic E-state index is 11.7. The number of hydrogen-bond donors (Lipinski definition) is 1. The minimum Gasteiger partial charge on any atom is -0.381 e. The molecular weight excluding hydrogens is 244 g/mol. The van der Waals surface area contributed by atoms with Gasteiger partial charge < -0.3 is 14.6 Å². The van der Waals surface area contributed by atoms with Crippen LogP contribution in [0.1, 0.15) is 36.3 Å². The van der Waals surface area contributed by atoms with Crippen molar-refractivity contribution in [3.63, 3.8) is 0 Å². The minimum atomic E-state index is 0.0107. The van der Waals surface area contributed by atoms with Crippen LogP contribution < -0.4 is 5.32 Å². The van der Waals surface area contributed by atoms with E-state index in [2.05, 4.69) is 10.5 Å². The molecule has 1 saturated carbocycles. The molecule has 5 nitrogen and oxygen atoms in total.